The molecule has 0 aliphatic heterocycles. The van der Waals surface area contributed by atoms with Crippen molar-refractivity contribution in [3.8, 4) is 0 Å². The van der Waals surface area contributed by atoms with Crippen LogP contribution in [0.2, 0.25) is 22.9 Å². The van der Waals surface area contributed by atoms with Crippen LogP contribution in [0.3, 0.4) is 0 Å². The van der Waals surface area contributed by atoms with Gasteiger partial charge in [0.15, 0.2) is 0 Å². The molecule has 2 heteroatoms. The van der Waals surface area contributed by atoms with Crippen molar-refractivity contribution >= 4 is 13.3 Å². The Labute approximate surface area is 142 Å². The van der Waals surface area contributed by atoms with Gasteiger partial charge in [0, 0.05) is 0 Å². The SMILES string of the molecule is C[C]1([Ti])C(C[Si](C)(C)c2ccccc2)=CC2=C1CCCC2. The molecule has 0 aromatic heterocycles. The van der Waals surface area contributed by atoms with Crippen LogP contribution in [-0.4, -0.2) is 8.07 Å². The second-order valence-corrected chi connectivity index (χ2v) is 13.7. The van der Waals surface area contributed by atoms with E-state index in [1.807, 2.05) is 0 Å². The molecule has 1 unspecified atom stereocenters. The fraction of sp³-hybridized carbons (Fsp3) is 0.474. The van der Waals surface area contributed by atoms with E-state index < -0.39 is 8.07 Å². The summed E-state index contributed by atoms with van der Waals surface area (Å²) in [5.41, 5.74) is 5.13. The van der Waals surface area contributed by atoms with E-state index in [-0.39, 0.29) is 0 Å². The standard InChI is InChI=1S/C19H25Si.Ti/c1-15-17(13-16-9-7-8-12-19(15)16)14-20(2,3)18-10-5-4-6-11-18;/h4-6,10-11,13H,7-9,12,14H2,1-3H3;. The molecule has 0 nitrogen and oxygen atoms in total. The Hall–Kier alpha value is -0.369. The molecule has 0 radical (unpaired) electrons. The van der Waals surface area contributed by atoms with Crippen LogP contribution in [0.25, 0.3) is 0 Å². The summed E-state index contributed by atoms with van der Waals surface area (Å²) in [6, 6.07) is 12.5. The zero-order chi connectivity index (χ0) is 15.1. The van der Waals surface area contributed by atoms with Crippen molar-refractivity contribution in [2.75, 3.05) is 0 Å². The summed E-state index contributed by atoms with van der Waals surface area (Å²) in [6.07, 6.45) is 8.00. The van der Waals surface area contributed by atoms with Gasteiger partial charge in [-0.3, -0.25) is 0 Å². The van der Waals surface area contributed by atoms with Crippen LogP contribution in [0.1, 0.15) is 32.6 Å². The molecule has 109 valence electrons. The molecule has 1 aromatic carbocycles. The molecule has 0 amide bonds. The maximum atomic E-state index is 2.58. The van der Waals surface area contributed by atoms with Crippen LogP contribution in [0.5, 0.6) is 0 Å². The quantitative estimate of drug-likeness (QED) is 0.674. The van der Waals surface area contributed by atoms with Gasteiger partial charge in [0.05, 0.1) is 0 Å². The van der Waals surface area contributed by atoms with Crippen molar-refractivity contribution in [3.05, 3.63) is 53.1 Å². The van der Waals surface area contributed by atoms with Gasteiger partial charge in [-0.1, -0.05) is 0 Å². The van der Waals surface area contributed by atoms with Gasteiger partial charge < -0.3 is 0 Å². The predicted molar refractivity (Wildman–Crippen MR) is 90.3 cm³/mol. The molecule has 0 saturated carbocycles. The molecule has 1 aromatic rings. The summed E-state index contributed by atoms with van der Waals surface area (Å²) in [7, 11) is -1.39. The van der Waals surface area contributed by atoms with Crippen molar-refractivity contribution in [1.82, 2.24) is 0 Å². The van der Waals surface area contributed by atoms with Crippen molar-refractivity contribution in [2.24, 2.45) is 0 Å². The molecular formula is C19H25SiTi. The number of benzene rings is 1. The average molecular weight is 329 g/mol. The van der Waals surface area contributed by atoms with E-state index in [1.165, 1.54) is 31.7 Å². The monoisotopic (exact) mass is 329 g/mol. The van der Waals surface area contributed by atoms with Crippen LogP contribution >= 0.6 is 0 Å². The third kappa shape index (κ3) is 2.93. The van der Waals surface area contributed by atoms with Crippen LogP contribution in [0, 0.1) is 0 Å². The zero-order valence-electron chi connectivity index (χ0n) is 13.5. The second-order valence-electron chi connectivity index (χ2n) is 7.43. The summed E-state index contributed by atoms with van der Waals surface area (Å²) in [4.78, 5) is 0. The molecule has 0 saturated heterocycles. The Bertz CT molecular complexity index is 593. The van der Waals surface area contributed by atoms with Crippen molar-refractivity contribution in [2.45, 2.75) is 55.5 Å². The van der Waals surface area contributed by atoms with E-state index in [2.05, 4.69) is 76.9 Å². The fourth-order valence-corrected chi connectivity index (χ4v) is 7.58. The van der Waals surface area contributed by atoms with Crippen molar-refractivity contribution < 1.29 is 20.4 Å². The van der Waals surface area contributed by atoms with E-state index in [4.69, 9.17) is 0 Å². The summed E-state index contributed by atoms with van der Waals surface area (Å²) in [6.45, 7) is 7.51. The van der Waals surface area contributed by atoms with Crippen LogP contribution in [-0.2, 0) is 20.4 Å². The van der Waals surface area contributed by atoms with Gasteiger partial charge in [-0.05, 0) is 0 Å². The second kappa shape index (κ2) is 5.68. The van der Waals surface area contributed by atoms with Gasteiger partial charge in [0.2, 0.25) is 0 Å². The molecule has 21 heavy (non-hydrogen) atoms. The van der Waals surface area contributed by atoms with Gasteiger partial charge >= 0.3 is 142 Å². The van der Waals surface area contributed by atoms with Crippen molar-refractivity contribution in [1.29, 1.82) is 0 Å². The topological polar surface area (TPSA) is 0 Å². The Morgan fingerprint density at radius 2 is 1.76 bits per heavy atom. The molecule has 0 fully saturated rings. The molecule has 0 heterocycles. The first-order chi connectivity index (χ1) is 9.91. The first-order valence-corrected chi connectivity index (χ1v) is 12.1. The van der Waals surface area contributed by atoms with E-state index in [0.29, 0.717) is 3.72 Å². The van der Waals surface area contributed by atoms with Crippen LogP contribution in [0.4, 0.5) is 0 Å². The number of rotatable bonds is 3. The first-order valence-electron chi connectivity index (χ1n) is 8.15. The predicted octanol–water partition coefficient (Wildman–Crippen LogP) is 5.14. The molecule has 0 spiro atoms. The zero-order valence-corrected chi connectivity index (χ0v) is 16.1. The minimum absolute atomic E-state index is 0.314. The van der Waals surface area contributed by atoms with Gasteiger partial charge in [-0.2, -0.15) is 0 Å². The normalized spacial score (nSPS) is 25.7. The number of hydrogen-bond acceptors (Lipinski definition) is 0. The molecule has 1 atom stereocenters. The molecule has 2 aliphatic carbocycles. The number of hydrogen-bond donors (Lipinski definition) is 0. The Morgan fingerprint density at radius 3 is 2.43 bits per heavy atom. The van der Waals surface area contributed by atoms with E-state index in [1.54, 1.807) is 21.9 Å². The third-order valence-corrected chi connectivity index (χ3v) is 9.43. The fourth-order valence-electron chi connectivity index (χ4n) is 3.90. The molecule has 3 rings (SSSR count). The Kier molecular flexibility index (Phi) is 4.20. The maximum absolute atomic E-state index is 2.58. The van der Waals surface area contributed by atoms with Gasteiger partial charge in [-0.15, -0.1) is 0 Å². The summed E-state index contributed by atoms with van der Waals surface area (Å²) in [5.74, 6) is 0. The summed E-state index contributed by atoms with van der Waals surface area (Å²) in [5, 5.41) is 1.59. The third-order valence-electron chi connectivity index (χ3n) is 5.29. The van der Waals surface area contributed by atoms with E-state index in [9.17, 15) is 0 Å². The summed E-state index contributed by atoms with van der Waals surface area (Å²) >= 11 is 2.46. The average Bonchev–Trinajstić information content (AvgIpc) is 2.71. The van der Waals surface area contributed by atoms with Gasteiger partial charge in [-0.25, -0.2) is 0 Å². The van der Waals surface area contributed by atoms with E-state index >= 15 is 0 Å². The Balaban J connectivity index is 1.86. The van der Waals surface area contributed by atoms with Crippen LogP contribution in [0.15, 0.2) is 53.1 Å². The molecule has 0 bridgehead atoms. The summed E-state index contributed by atoms with van der Waals surface area (Å²) < 4.78 is 0.314. The van der Waals surface area contributed by atoms with Gasteiger partial charge in [0.25, 0.3) is 0 Å². The minimum atomic E-state index is -1.39. The first kappa shape index (κ1) is 15.5. The number of allylic oxidation sites excluding steroid dienone is 4. The van der Waals surface area contributed by atoms with E-state index in [0.717, 1.165) is 0 Å². The van der Waals surface area contributed by atoms with Crippen LogP contribution < -0.4 is 5.19 Å². The Morgan fingerprint density at radius 1 is 1.10 bits per heavy atom. The molecular weight excluding hydrogens is 304 g/mol. The van der Waals surface area contributed by atoms with Gasteiger partial charge in [0.1, 0.15) is 0 Å². The molecule has 0 N–H and O–H groups in total. The van der Waals surface area contributed by atoms with Crippen molar-refractivity contribution in [3.63, 3.8) is 0 Å². The molecule has 2 aliphatic rings.